The molecule has 0 amide bonds. The van der Waals surface area contributed by atoms with E-state index in [1.54, 1.807) is 18.2 Å². The van der Waals surface area contributed by atoms with Crippen molar-refractivity contribution < 1.29 is 14.0 Å². The van der Waals surface area contributed by atoms with Gasteiger partial charge in [-0.3, -0.25) is 0 Å². The van der Waals surface area contributed by atoms with Gasteiger partial charge in [-0.1, -0.05) is 17.3 Å². The molecule has 1 aromatic carbocycles. The highest BCUT2D eigenvalue weighted by molar-refractivity contribution is 5.83. The molecule has 0 saturated heterocycles. The Morgan fingerprint density at radius 3 is 2.71 bits per heavy atom. The molecule has 0 aliphatic carbocycles. The van der Waals surface area contributed by atoms with E-state index >= 15 is 0 Å². The van der Waals surface area contributed by atoms with Crippen LogP contribution in [0.1, 0.15) is 12.0 Å². The number of nitrogens with two attached hydrogens (primary N) is 1. The van der Waals surface area contributed by atoms with E-state index in [0.29, 0.717) is 0 Å². The molecule has 0 aliphatic heterocycles. The lowest BCUT2D eigenvalue weighted by molar-refractivity contribution is -0.142. The maximum Gasteiger partial charge on any atom is 0.349 e. The van der Waals surface area contributed by atoms with Crippen molar-refractivity contribution in [1.29, 1.82) is 5.26 Å². The summed E-state index contributed by atoms with van der Waals surface area (Å²) in [6, 6.07) is 7.31. The minimum absolute atomic E-state index is 0.0721. The zero-order valence-corrected chi connectivity index (χ0v) is 8.89. The number of oxime groups is 1. The summed E-state index contributed by atoms with van der Waals surface area (Å²) >= 11 is 0. The number of carbonyl (C=O) groups excluding carboxylic acids is 1. The molecule has 1 aromatic rings. The number of amidine groups is 1. The van der Waals surface area contributed by atoms with Gasteiger partial charge in [0.2, 0.25) is 0 Å². The van der Waals surface area contributed by atoms with Crippen LogP contribution in [0.4, 0.5) is 4.39 Å². The van der Waals surface area contributed by atoms with Crippen molar-refractivity contribution in [1.82, 2.24) is 0 Å². The maximum absolute atomic E-state index is 12.6. The predicted octanol–water partition coefficient (Wildman–Crippen LogP) is 1.10. The van der Waals surface area contributed by atoms with Crippen LogP contribution in [0, 0.1) is 17.1 Å². The number of nitriles is 1. The van der Waals surface area contributed by atoms with Crippen LogP contribution >= 0.6 is 0 Å². The lowest BCUT2D eigenvalue weighted by Gasteiger charge is -2.00. The van der Waals surface area contributed by atoms with Crippen molar-refractivity contribution in [2.24, 2.45) is 10.9 Å². The largest absolute Gasteiger partial charge is 0.384 e. The number of hydrogen-bond acceptors (Lipinski definition) is 4. The molecule has 88 valence electrons. The lowest BCUT2D eigenvalue weighted by atomic mass is 10.1. The Bertz CT molecular complexity index is 463. The lowest BCUT2D eigenvalue weighted by Crippen LogP contribution is -2.16. The van der Waals surface area contributed by atoms with Gasteiger partial charge in [0.25, 0.3) is 0 Å². The summed E-state index contributed by atoms with van der Waals surface area (Å²) in [4.78, 5) is 15.2. The van der Waals surface area contributed by atoms with Crippen LogP contribution in [0.2, 0.25) is 0 Å². The SMILES string of the molecule is N#CCC(=O)O/N=C(\N)Cc1ccc(F)cc1. The van der Waals surface area contributed by atoms with Gasteiger partial charge in [-0.2, -0.15) is 5.26 Å². The molecule has 0 bridgehead atoms. The zero-order valence-electron chi connectivity index (χ0n) is 8.89. The summed E-state index contributed by atoms with van der Waals surface area (Å²) in [6.07, 6.45) is -0.145. The highest BCUT2D eigenvalue weighted by atomic mass is 19.1. The van der Waals surface area contributed by atoms with Gasteiger partial charge in [-0.25, -0.2) is 9.18 Å². The van der Waals surface area contributed by atoms with Gasteiger partial charge in [-0.05, 0) is 17.7 Å². The third-order valence-corrected chi connectivity index (χ3v) is 1.79. The molecule has 0 radical (unpaired) electrons. The summed E-state index contributed by atoms with van der Waals surface area (Å²) in [5.41, 5.74) is 6.22. The fourth-order valence-electron chi connectivity index (χ4n) is 1.05. The highest BCUT2D eigenvalue weighted by Gasteiger charge is 2.02. The molecule has 5 nitrogen and oxygen atoms in total. The van der Waals surface area contributed by atoms with Crippen molar-refractivity contribution >= 4 is 11.8 Å². The number of nitrogens with zero attached hydrogens (tertiary/aromatic N) is 2. The van der Waals surface area contributed by atoms with Gasteiger partial charge in [0.15, 0.2) is 0 Å². The van der Waals surface area contributed by atoms with E-state index in [0.717, 1.165) is 5.56 Å². The Kier molecular flexibility index (Phi) is 4.63. The summed E-state index contributed by atoms with van der Waals surface area (Å²) in [5.74, 6) is -1.04. The van der Waals surface area contributed by atoms with Crippen molar-refractivity contribution in [3.63, 3.8) is 0 Å². The maximum atomic E-state index is 12.6. The Labute approximate surface area is 97.3 Å². The first-order chi connectivity index (χ1) is 8.11. The predicted molar refractivity (Wildman–Crippen MR) is 58.0 cm³/mol. The normalized spacial score (nSPS) is 10.7. The Balaban J connectivity index is 2.51. The minimum Gasteiger partial charge on any atom is -0.384 e. The summed E-state index contributed by atoms with van der Waals surface area (Å²) in [5, 5.41) is 11.6. The van der Waals surface area contributed by atoms with E-state index in [9.17, 15) is 9.18 Å². The van der Waals surface area contributed by atoms with E-state index in [1.807, 2.05) is 0 Å². The van der Waals surface area contributed by atoms with Crippen LogP contribution in [-0.2, 0) is 16.1 Å². The van der Waals surface area contributed by atoms with Gasteiger partial charge in [0.05, 0.1) is 6.07 Å². The quantitative estimate of drug-likeness (QED) is 0.366. The molecule has 0 aromatic heterocycles. The van der Waals surface area contributed by atoms with Crippen LogP contribution in [0.25, 0.3) is 0 Å². The van der Waals surface area contributed by atoms with Crippen LogP contribution in [-0.4, -0.2) is 11.8 Å². The number of halogens is 1. The van der Waals surface area contributed by atoms with Gasteiger partial charge in [-0.15, -0.1) is 0 Å². The van der Waals surface area contributed by atoms with Gasteiger partial charge in [0, 0.05) is 6.42 Å². The number of hydrogen-bond donors (Lipinski definition) is 1. The zero-order chi connectivity index (χ0) is 12.7. The first-order valence-corrected chi connectivity index (χ1v) is 4.75. The molecular formula is C11H10FN3O2. The number of carbonyl (C=O) groups is 1. The van der Waals surface area contributed by atoms with E-state index in [4.69, 9.17) is 11.0 Å². The second kappa shape index (κ2) is 6.23. The third kappa shape index (κ3) is 4.75. The Hall–Kier alpha value is -2.42. The number of rotatable bonds is 4. The van der Waals surface area contributed by atoms with Crippen LogP contribution < -0.4 is 5.73 Å². The standard InChI is InChI=1S/C11H10FN3O2/c12-9-3-1-8(2-4-9)7-10(14)15-17-11(16)5-6-13/h1-4H,5,7H2,(H2,14,15). The number of benzene rings is 1. The second-order valence-electron chi connectivity index (χ2n) is 3.18. The average molecular weight is 235 g/mol. The molecule has 0 unspecified atom stereocenters. The third-order valence-electron chi connectivity index (χ3n) is 1.79. The Morgan fingerprint density at radius 1 is 1.47 bits per heavy atom. The monoisotopic (exact) mass is 235 g/mol. The molecule has 0 spiro atoms. The van der Waals surface area contributed by atoms with E-state index < -0.39 is 5.97 Å². The molecule has 2 N–H and O–H groups in total. The topological polar surface area (TPSA) is 88.5 Å². The summed E-state index contributed by atoms with van der Waals surface area (Å²) in [7, 11) is 0. The van der Waals surface area contributed by atoms with Crippen molar-refractivity contribution in [2.45, 2.75) is 12.8 Å². The molecule has 17 heavy (non-hydrogen) atoms. The van der Waals surface area contributed by atoms with Crippen molar-refractivity contribution in [3.05, 3.63) is 35.6 Å². The smallest absolute Gasteiger partial charge is 0.349 e. The first-order valence-electron chi connectivity index (χ1n) is 4.75. The Morgan fingerprint density at radius 2 is 2.12 bits per heavy atom. The molecule has 0 saturated carbocycles. The van der Waals surface area contributed by atoms with E-state index in [1.165, 1.54) is 12.1 Å². The van der Waals surface area contributed by atoms with Crippen molar-refractivity contribution in [3.8, 4) is 6.07 Å². The summed E-state index contributed by atoms with van der Waals surface area (Å²) in [6.45, 7) is 0. The fourth-order valence-corrected chi connectivity index (χ4v) is 1.05. The molecule has 6 heteroatoms. The van der Waals surface area contributed by atoms with Gasteiger partial charge in [0.1, 0.15) is 18.1 Å². The minimum atomic E-state index is -0.769. The van der Waals surface area contributed by atoms with Crippen LogP contribution in [0.15, 0.2) is 29.4 Å². The van der Waals surface area contributed by atoms with E-state index in [2.05, 4.69) is 9.99 Å². The molecule has 0 fully saturated rings. The first kappa shape index (κ1) is 12.6. The van der Waals surface area contributed by atoms with Crippen molar-refractivity contribution in [2.75, 3.05) is 0 Å². The van der Waals surface area contributed by atoms with E-state index in [-0.39, 0.29) is 24.5 Å². The second-order valence-corrected chi connectivity index (χ2v) is 3.18. The fraction of sp³-hybridized carbons (Fsp3) is 0.182. The van der Waals surface area contributed by atoms with Gasteiger partial charge >= 0.3 is 5.97 Å². The molecule has 0 aliphatic rings. The molecule has 1 rings (SSSR count). The van der Waals surface area contributed by atoms with Crippen LogP contribution in [0.5, 0.6) is 0 Å². The highest BCUT2D eigenvalue weighted by Crippen LogP contribution is 2.03. The molecule has 0 atom stereocenters. The van der Waals surface area contributed by atoms with Crippen LogP contribution in [0.3, 0.4) is 0 Å². The van der Waals surface area contributed by atoms with Gasteiger partial charge < -0.3 is 10.6 Å². The molecular weight excluding hydrogens is 225 g/mol. The summed E-state index contributed by atoms with van der Waals surface area (Å²) < 4.78 is 12.6. The average Bonchev–Trinajstić information content (AvgIpc) is 2.30. The molecule has 0 heterocycles.